The molecule has 2 N–H and O–H groups in total. The van der Waals surface area contributed by atoms with Gasteiger partial charge < -0.3 is 14.7 Å². The van der Waals surface area contributed by atoms with E-state index in [0.717, 1.165) is 38.9 Å². The number of imidazole rings is 1. The van der Waals surface area contributed by atoms with Crippen molar-refractivity contribution < 1.29 is 5.11 Å². The highest BCUT2D eigenvalue weighted by atomic mass is 16.3. The molecular formula is C23H18N4O. The highest BCUT2D eigenvalue weighted by Crippen LogP contribution is 2.31. The van der Waals surface area contributed by atoms with Gasteiger partial charge in [0.15, 0.2) is 5.88 Å². The SMILES string of the molecule is Cn1cnc2ccc(N=C(c3ccccc3)c3c(O)[nH]c4ccccc34)cc21. The molecule has 0 bridgehead atoms. The van der Waals surface area contributed by atoms with Gasteiger partial charge in [-0.1, -0.05) is 48.5 Å². The van der Waals surface area contributed by atoms with E-state index in [9.17, 15) is 5.11 Å². The maximum absolute atomic E-state index is 10.7. The predicted octanol–water partition coefficient (Wildman–Crippen LogP) is 4.93. The summed E-state index contributed by atoms with van der Waals surface area (Å²) in [6.07, 6.45) is 1.79. The van der Waals surface area contributed by atoms with Crippen molar-refractivity contribution >= 4 is 33.3 Å². The zero-order valence-electron chi connectivity index (χ0n) is 15.3. The summed E-state index contributed by atoms with van der Waals surface area (Å²) in [5, 5.41) is 11.6. The van der Waals surface area contributed by atoms with Gasteiger partial charge in [0.05, 0.1) is 34.3 Å². The van der Waals surface area contributed by atoms with Crippen LogP contribution in [0.3, 0.4) is 0 Å². The molecule has 0 atom stereocenters. The molecule has 136 valence electrons. The van der Waals surface area contributed by atoms with Gasteiger partial charge in [-0.3, -0.25) is 0 Å². The molecular weight excluding hydrogens is 348 g/mol. The fraction of sp³-hybridized carbons (Fsp3) is 0.0435. The maximum atomic E-state index is 10.7. The molecule has 28 heavy (non-hydrogen) atoms. The first kappa shape index (κ1) is 16.3. The Morgan fingerprint density at radius 1 is 1.00 bits per heavy atom. The fourth-order valence-corrected chi connectivity index (χ4v) is 3.54. The van der Waals surface area contributed by atoms with E-state index in [2.05, 4.69) is 9.97 Å². The Labute approximate surface area is 161 Å². The van der Waals surface area contributed by atoms with Crippen molar-refractivity contribution in [2.45, 2.75) is 0 Å². The van der Waals surface area contributed by atoms with E-state index in [1.54, 1.807) is 6.33 Å². The maximum Gasteiger partial charge on any atom is 0.199 e. The quantitative estimate of drug-likeness (QED) is 0.445. The second-order valence-corrected chi connectivity index (χ2v) is 6.75. The lowest BCUT2D eigenvalue weighted by Gasteiger charge is -2.08. The van der Waals surface area contributed by atoms with Crippen LogP contribution in [0.1, 0.15) is 11.1 Å². The Bertz CT molecular complexity index is 1330. The van der Waals surface area contributed by atoms with Gasteiger partial charge >= 0.3 is 0 Å². The van der Waals surface area contributed by atoms with Crippen molar-refractivity contribution in [3.63, 3.8) is 0 Å². The van der Waals surface area contributed by atoms with Gasteiger partial charge in [-0.2, -0.15) is 0 Å². The molecule has 0 unspecified atom stereocenters. The van der Waals surface area contributed by atoms with Crippen LogP contribution in [0.25, 0.3) is 21.9 Å². The Hall–Kier alpha value is -3.86. The highest BCUT2D eigenvalue weighted by Gasteiger charge is 2.18. The van der Waals surface area contributed by atoms with Crippen LogP contribution in [-0.4, -0.2) is 25.4 Å². The number of aromatic amines is 1. The van der Waals surface area contributed by atoms with Gasteiger partial charge in [0.2, 0.25) is 0 Å². The van der Waals surface area contributed by atoms with Crippen LogP contribution in [-0.2, 0) is 7.05 Å². The van der Waals surface area contributed by atoms with Crippen molar-refractivity contribution in [2.24, 2.45) is 12.0 Å². The van der Waals surface area contributed by atoms with E-state index in [1.807, 2.05) is 84.4 Å². The molecule has 5 heteroatoms. The molecule has 2 aromatic heterocycles. The lowest BCUT2D eigenvalue weighted by atomic mass is 10.0. The van der Waals surface area contributed by atoms with Crippen LogP contribution in [0.5, 0.6) is 5.88 Å². The van der Waals surface area contributed by atoms with Crippen LogP contribution in [0.15, 0.2) is 84.1 Å². The number of benzene rings is 3. The molecule has 0 fully saturated rings. The average molecular weight is 366 g/mol. The van der Waals surface area contributed by atoms with Crippen LogP contribution >= 0.6 is 0 Å². The normalized spacial score (nSPS) is 12.1. The molecule has 0 saturated heterocycles. The summed E-state index contributed by atoms with van der Waals surface area (Å²) < 4.78 is 1.97. The number of hydrogen-bond donors (Lipinski definition) is 2. The van der Waals surface area contributed by atoms with Crippen molar-refractivity contribution in [3.8, 4) is 5.88 Å². The van der Waals surface area contributed by atoms with Gasteiger partial charge in [0.1, 0.15) is 0 Å². The highest BCUT2D eigenvalue weighted by molar-refractivity contribution is 6.21. The standard InChI is InChI=1S/C23H18N4O/c1-27-14-24-19-12-11-16(13-20(19)27)25-22(15-7-3-2-4-8-15)21-17-9-5-6-10-18(17)26-23(21)28/h2-14,26,28H,1H3. The Morgan fingerprint density at radius 3 is 2.64 bits per heavy atom. The first-order chi connectivity index (χ1) is 13.7. The molecule has 0 spiro atoms. The van der Waals surface area contributed by atoms with Crippen molar-refractivity contribution in [2.75, 3.05) is 0 Å². The topological polar surface area (TPSA) is 66.2 Å². The van der Waals surface area contributed by atoms with Crippen LogP contribution < -0.4 is 0 Å². The molecule has 3 aromatic carbocycles. The van der Waals surface area contributed by atoms with Crippen LogP contribution in [0, 0.1) is 0 Å². The molecule has 2 heterocycles. The first-order valence-corrected chi connectivity index (χ1v) is 9.06. The minimum atomic E-state index is 0.116. The summed E-state index contributed by atoms with van der Waals surface area (Å²) in [5.41, 5.74) is 5.98. The van der Waals surface area contributed by atoms with Gasteiger partial charge in [0, 0.05) is 23.5 Å². The Kier molecular flexibility index (Phi) is 3.72. The number of aliphatic imine (C=N–C) groups is 1. The van der Waals surface area contributed by atoms with Gasteiger partial charge in [-0.25, -0.2) is 9.98 Å². The largest absolute Gasteiger partial charge is 0.494 e. The van der Waals surface area contributed by atoms with Crippen molar-refractivity contribution in [1.29, 1.82) is 0 Å². The number of aromatic nitrogens is 3. The Balaban J connectivity index is 1.78. The average Bonchev–Trinajstić information content (AvgIpc) is 3.26. The molecule has 5 rings (SSSR count). The number of nitrogens with one attached hydrogen (secondary N) is 1. The number of hydrogen-bond acceptors (Lipinski definition) is 3. The lowest BCUT2D eigenvalue weighted by molar-refractivity contribution is 0.457. The van der Waals surface area contributed by atoms with E-state index in [0.29, 0.717) is 5.56 Å². The molecule has 5 nitrogen and oxygen atoms in total. The van der Waals surface area contributed by atoms with Crippen molar-refractivity contribution in [3.05, 3.63) is 90.3 Å². The number of fused-ring (bicyclic) bond motifs is 2. The second-order valence-electron chi connectivity index (χ2n) is 6.75. The number of aryl methyl sites for hydroxylation is 1. The van der Waals surface area contributed by atoms with Crippen LogP contribution in [0.2, 0.25) is 0 Å². The summed E-state index contributed by atoms with van der Waals surface area (Å²) in [5.74, 6) is 0.116. The number of aromatic hydroxyl groups is 1. The number of rotatable bonds is 3. The molecule has 0 amide bonds. The monoisotopic (exact) mass is 366 g/mol. The minimum absolute atomic E-state index is 0.116. The zero-order chi connectivity index (χ0) is 19.1. The lowest BCUT2D eigenvalue weighted by Crippen LogP contribution is -2.02. The van der Waals surface area contributed by atoms with E-state index in [1.165, 1.54) is 0 Å². The van der Waals surface area contributed by atoms with E-state index < -0.39 is 0 Å². The molecule has 5 aromatic rings. The summed E-state index contributed by atoms with van der Waals surface area (Å²) >= 11 is 0. The number of nitrogens with zero attached hydrogens (tertiary/aromatic N) is 3. The molecule has 0 saturated carbocycles. The zero-order valence-corrected chi connectivity index (χ0v) is 15.3. The minimum Gasteiger partial charge on any atom is -0.494 e. The summed E-state index contributed by atoms with van der Waals surface area (Å²) in [7, 11) is 1.96. The molecule has 0 aliphatic rings. The van der Waals surface area contributed by atoms with Gasteiger partial charge in [-0.15, -0.1) is 0 Å². The second kappa shape index (κ2) is 6.39. The summed E-state index contributed by atoms with van der Waals surface area (Å²) in [6.45, 7) is 0. The summed E-state index contributed by atoms with van der Waals surface area (Å²) in [4.78, 5) is 12.4. The number of para-hydroxylation sites is 1. The van der Waals surface area contributed by atoms with E-state index in [-0.39, 0.29) is 5.88 Å². The molecule has 0 radical (unpaired) electrons. The third kappa shape index (κ3) is 2.65. The van der Waals surface area contributed by atoms with E-state index in [4.69, 9.17) is 4.99 Å². The first-order valence-electron chi connectivity index (χ1n) is 9.06. The predicted molar refractivity (Wildman–Crippen MR) is 112 cm³/mol. The Morgan fingerprint density at radius 2 is 1.79 bits per heavy atom. The molecule has 0 aliphatic heterocycles. The van der Waals surface area contributed by atoms with Gasteiger partial charge in [-0.05, 0) is 24.3 Å². The third-order valence-corrected chi connectivity index (χ3v) is 4.92. The smallest absolute Gasteiger partial charge is 0.199 e. The number of H-pyrrole nitrogens is 1. The van der Waals surface area contributed by atoms with Crippen molar-refractivity contribution in [1.82, 2.24) is 14.5 Å². The fourth-order valence-electron chi connectivity index (χ4n) is 3.54. The summed E-state index contributed by atoms with van der Waals surface area (Å²) in [6, 6.07) is 23.7. The third-order valence-electron chi connectivity index (χ3n) is 4.92. The van der Waals surface area contributed by atoms with E-state index >= 15 is 0 Å². The van der Waals surface area contributed by atoms with Crippen LogP contribution in [0.4, 0.5) is 5.69 Å². The van der Waals surface area contributed by atoms with Gasteiger partial charge in [0.25, 0.3) is 0 Å². The molecule has 0 aliphatic carbocycles.